The first-order chi connectivity index (χ1) is 13.6. The molecule has 28 heavy (non-hydrogen) atoms. The van der Waals surface area contributed by atoms with E-state index in [1.54, 1.807) is 42.5 Å². The zero-order valence-electron chi connectivity index (χ0n) is 15.5. The summed E-state index contributed by atoms with van der Waals surface area (Å²) in [5.74, 6) is 0.0109. The summed E-state index contributed by atoms with van der Waals surface area (Å²) in [4.78, 5) is 26.8. The number of carbonyl (C=O) groups is 2. The van der Waals surface area contributed by atoms with Crippen molar-refractivity contribution in [1.82, 2.24) is 0 Å². The van der Waals surface area contributed by atoms with E-state index in [-0.39, 0.29) is 18.5 Å². The number of ether oxygens (including phenoxy) is 3. The van der Waals surface area contributed by atoms with Gasteiger partial charge < -0.3 is 19.1 Å². The summed E-state index contributed by atoms with van der Waals surface area (Å²) < 4.78 is 16.3. The SMILES string of the molecule is CC(OC(=O)c1ccc2c(c1)OCCO2)C(=O)N(CCC#N)c1ccccc1. The average molecular weight is 380 g/mol. The monoisotopic (exact) mass is 380 g/mol. The molecule has 0 aromatic heterocycles. The van der Waals surface area contributed by atoms with Crippen molar-refractivity contribution in [2.75, 3.05) is 24.7 Å². The van der Waals surface area contributed by atoms with Crippen LogP contribution in [0.3, 0.4) is 0 Å². The molecule has 144 valence electrons. The van der Waals surface area contributed by atoms with Crippen LogP contribution in [0.25, 0.3) is 0 Å². The topological polar surface area (TPSA) is 88.9 Å². The van der Waals surface area contributed by atoms with E-state index in [1.807, 2.05) is 12.1 Å². The van der Waals surface area contributed by atoms with Crippen molar-refractivity contribution < 1.29 is 23.8 Å². The molecule has 0 aliphatic carbocycles. The zero-order valence-corrected chi connectivity index (χ0v) is 15.5. The molecule has 2 aromatic carbocycles. The molecule has 0 radical (unpaired) electrons. The number of para-hydroxylation sites is 1. The van der Waals surface area contributed by atoms with E-state index in [4.69, 9.17) is 19.5 Å². The highest BCUT2D eigenvalue weighted by atomic mass is 16.6. The largest absolute Gasteiger partial charge is 0.486 e. The molecule has 2 aromatic rings. The van der Waals surface area contributed by atoms with Gasteiger partial charge in [-0.2, -0.15) is 5.26 Å². The number of hydrogen-bond donors (Lipinski definition) is 0. The third kappa shape index (κ3) is 4.41. The van der Waals surface area contributed by atoms with Crippen molar-refractivity contribution in [3.05, 3.63) is 54.1 Å². The quantitative estimate of drug-likeness (QED) is 0.716. The molecule has 0 bridgehead atoms. The second kappa shape index (κ2) is 8.91. The number of rotatable bonds is 6. The van der Waals surface area contributed by atoms with Gasteiger partial charge >= 0.3 is 5.97 Å². The summed E-state index contributed by atoms with van der Waals surface area (Å²) in [6.07, 6.45) is -0.844. The van der Waals surface area contributed by atoms with Crippen LogP contribution in [0.5, 0.6) is 11.5 Å². The molecule has 1 aliphatic rings. The molecule has 1 unspecified atom stereocenters. The van der Waals surface area contributed by atoms with E-state index >= 15 is 0 Å². The Labute approximate surface area is 163 Å². The van der Waals surface area contributed by atoms with Crippen molar-refractivity contribution in [2.45, 2.75) is 19.4 Å². The lowest BCUT2D eigenvalue weighted by Gasteiger charge is -2.25. The van der Waals surface area contributed by atoms with E-state index < -0.39 is 18.0 Å². The van der Waals surface area contributed by atoms with E-state index in [0.717, 1.165) is 0 Å². The summed E-state index contributed by atoms with van der Waals surface area (Å²) in [6, 6.07) is 15.7. The van der Waals surface area contributed by atoms with Gasteiger partial charge in [0.25, 0.3) is 5.91 Å². The maximum Gasteiger partial charge on any atom is 0.339 e. The third-order valence-electron chi connectivity index (χ3n) is 4.19. The highest BCUT2D eigenvalue weighted by molar-refractivity contribution is 5.99. The Balaban J connectivity index is 1.71. The van der Waals surface area contributed by atoms with Gasteiger partial charge in [0, 0.05) is 12.2 Å². The van der Waals surface area contributed by atoms with Gasteiger partial charge in [-0.15, -0.1) is 0 Å². The van der Waals surface area contributed by atoms with Crippen molar-refractivity contribution in [3.63, 3.8) is 0 Å². The van der Waals surface area contributed by atoms with Gasteiger partial charge in [-0.3, -0.25) is 4.79 Å². The first-order valence-corrected chi connectivity index (χ1v) is 8.94. The number of anilines is 1. The molecule has 1 amide bonds. The summed E-state index contributed by atoms with van der Waals surface area (Å²) in [6.45, 7) is 2.59. The van der Waals surface area contributed by atoms with Crippen molar-refractivity contribution in [2.24, 2.45) is 0 Å². The number of nitriles is 1. The Morgan fingerprint density at radius 1 is 1.14 bits per heavy atom. The maximum absolute atomic E-state index is 12.8. The van der Waals surface area contributed by atoms with Gasteiger partial charge in [0.1, 0.15) is 13.2 Å². The number of benzene rings is 2. The van der Waals surface area contributed by atoms with E-state index in [1.165, 1.54) is 11.8 Å². The zero-order chi connectivity index (χ0) is 19.9. The predicted octanol–water partition coefficient (Wildman–Crippen LogP) is 2.95. The fraction of sp³-hybridized carbons (Fsp3) is 0.286. The molecule has 0 saturated carbocycles. The highest BCUT2D eigenvalue weighted by Crippen LogP contribution is 2.31. The molecule has 1 atom stereocenters. The Morgan fingerprint density at radius 2 is 1.86 bits per heavy atom. The number of esters is 1. The fourth-order valence-corrected chi connectivity index (χ4v) is 2.81. The average Bonchev–Trinajstić information content (AvgIpc) is 2.74. The van der Waals surface area contributed by atoms with Crippen LogP contribution in [0.1, 0.15) is 23.7 Å². The molecular formula is C21H20N2O5. The summed E-state index contributed by atoms with van der Waals surface area (Å²) >= 11 is 0. The van der Waals surface area contributed by atoms with E-state index in [9.17, 15) is 9.59 Å². The van der Waals surface area contributed by atoms with Gasteiger partial charge in [0.05, 0.1) is 18.1 Å². The summed E-state index contributed by atoms with van der Waals surface area (Å²) in [7, 11) is 0. The Bertz CT molecular complexity index is 891. The lowest BCUT2D eigenvalue weighted by atomic mass is 10.2. The highest BCUT2D eigenvalue weighted by Gasteiger charge is 2.26. The van der Waals surface area contributed by atoms with Crippen molar-refractivity contribution >= 4 is 17.6 Å². The van der Waals surface area contributed by atoms with E-state index in [2.05, 4.69) is 0 Å². The van der Waals surface area contributed by atoms with Crippen molar-refractivity contribution in [3.8, 4) is 17.6 Å². The number of hydrogen-bond acceptors (Lipinski definition) is 6. The first-order valence-electron chi connectivity index (χ1n) is 8.94. The maximum atomic E-state index is 12.8. The predicted molar refractivity (Wildman–Crippen MR) is 101 cm³/mol. The van der Waals surface area contributed by atoms with Crippen LogP contribution in [0.2, 0.25) is 0 Å². The summed E-state index contributed by atoms with van der Waals surface area (Å²) in [5.41, 5.74) is 0.914. The Morgan fingerprint density at radius 3 is 2.57 bits per heavy atom. The standard InChI is InChI=1S/C21H20N2O5/c1-15(20(24)23(11-5-10-22)17-6-3-2-4-7-17)28-21(25)16-8-9-18-19(14-16)27-13-12-26-18/h2-4,6-9,14-15H,5,11-13H2,1H3. The van der Waals surface area contributed by atoms with Crippen LogP contribution in [0, 0.1) is 11.3 Å². The lowest BCUT2D eigenvalue weighted by molar-refractivity contribution is -0.126. The molecule has 3 rings (SSSR count). The molecule has 1 heterocycles. The minimum absolute atomic E-state index is 0.170. The third-order valence-corrected chi connectivity index (χ3v) is 4.19. The molecular weight excluding hydrogens is 360 g/mol. The molecule has 0 spiro atoms. The Kier molecular flexibility index (Phi) is 6.12. The van der Waals surface area contributed by atoms with Crippen LogP contribution < -0.4 is 14.4 Å². The normalized spacial score (nSPS) is 13.1. The van der Waals surface area contributed by atoms with Crippen LogP contribution in [-0.2, 0) is 9.53 Å². The minimum Gasteiger partial charge on any atom is -0.486 e. The number of fused-ring (bicyclic) bond motifs is 1. The lowest BCUT2D eigenvalue weighted by Crippen LogP contribution is -2.40. The number of amides is 1. The second-order valence-corrected chi connectivity index (χ2v) is 6.14. The molecule has 7 nitrogen and oxygen atoms in total. The number of nitrogens with zero attached hydrogens (tertiary/aromatic N) is 2. The molecule has 0 fully saturated rings. The van der Waals surface area contributed by atoms with Crippen LogP contribution >= 0.6 is 0 Å². The van der Waals surface area contributed by atoms with Gasteiger partial charge in [-0.1, -0.05) is 18.2 Å². The molecule has 7 heteroatoms. The van der Waals surface area contributed by atoms with Crippen LogP contribution in [0.15, 0.2) is 48.5 Å². The van der Waals surface area contributed by atoms with E-state index in [0.29, 0.717) is 30.4 Å². The van der Waals surface area contributed by atoms with Crippen LogP contribution in [0.4, 0.5) is 5.69 Å². The second-order valence-electron chi connectivity index (χ2n) is 6.14. The van der Waals surface area contributed by atoms with Crippen LogP contribution in [-0.4, -0.2) is 37.7 Å². The van der Waals surface area contributed by atoms with Gasteiger partial charge in [-0.05, 0) is 37.3 Å². The molecule has 0 N–H and O–H groups in total. The fourth-order valence-electron chi connectivity index (χ4n) is 2.81. The molecule has 1 aliphatic heterocycles. The first kappa shape index (κ1) is 19.2. The summed E-state index contributed by atoms with van der Waals surface area (Å²) in [5, 5.41) is 8.88. The van der Waals surface area contributed by atoms with Gasteiger partial charge in [-0.25, -0.2) is 4.79 Å². The Hall–Kier alpha value is -3.53. The molecule has 0 saturated heterocycles. The smallest absolute Gasteiger partial charge is 0.339 e. The number of carbonyl (C=O) groups excluding carboxylic acids is 2. The van der Waals surface area contributed by atoms with Crippen molar-refractivity contribution in [1.29, 1.82) is 5.26 Å². The van der Waals surface area contributed by atoms with Gasteiger partial charge in [0.2, 0.25) is 0 Å². The minimum atomic E-state index is -1.01. The van der Waals surface area contributed by atoms with Gasteiger partial charge in [0.15, 0.2) is 17.6 Å².